The van der Waals surface area contributed by atoms with Gasteiger partial charge in [0.15, 0.2) is 0 Å². The fraction of sp³-hybridized carbons (Fsp3) is 0.294. The average Bonchev–Trinajstić information content (AvgIpc) is 2.49. The summed E-state index contributed by atoms with van der Waals surface area (Å²) in [5, 5.41) is 2.69. The molecule has 2 aromatic rings. The van der Waals surface area contributed by atoms with Crippen LogP contribution in [0.1, 0.15) is 16.8 Å². The van der Waals surface area contributed by atoms with E-state index in [9.17, 15) is 13.2 Å². The van der Waals surface area contributed by atoms with Crippen molar-refractivity contribution in [2.75, 3.05) is 17.1 Å². The van der Waals surface area contributed by atoms with E-state index in [2.05, 4.69) is 10.3 Å². The molecule has 0 saturated carbocycles. The molecule has 6 nitrogen and oxygen atoms in total. The number of pyridine rings is 1. The third-order valence-corrected chi connectivity index (χ3v) is 4.52. The molecule has 128 valence electrons. The van der Waals surface area contributed by atoms with Gasteiger partial charge >= 0.3 is 0 Å². The highest BCUT2D eigenvalue weighted by molar-refractivity contribution is 7.92. The first-order valence-corrected chi connectivity index (χ1v) is 9.33. The number of anilines is 1. The van der Waals surface area contributed by atoms with Gasteiger partial charge in [0.2, 0.25) is 15.9 Å². The second-order valence-corrected chi connectivity index (χ2v) is 7.62. The highest BCUT2D eigenvalue weighted by Gasteiger charge is 2.21. The van der Waals surface area contributed by atoms with E-state index in [1.54, 1.807) is 30.5 Å². The Hall–Kier alpha value is -2.41. The van der Waals surface area contributed by atoms with Gasteiger partial charge in [0.1, 0.15) is 6.54 Å². The van der Waals surface area contributed by atoms with E-state index in [4.69, 9.17) is 0 Å². The molecule has 0 aliphatic heterocycles. The van der Waals surface area contributed by atoms with Crippen molar-refractivity contribution in [1.82, 2.24) is 10.3 Å². The molecular weight excluding hydrogens is 326 g/mol. The van der Waals surface area contributed by atoms with Crippen LogP contribution in [-0.4, -0.2) is 32.1 Å². The molecule has 0 aliphatic rings. The number of hydrogen-bond acceptors (Lipinski definition) is 4. The lowest BCUT2D eigenvalue weighted by atomic mass is 10.1. The smallest absolute Gasteiger partial charge is 0.241 e. The molecule has 0 radical (unpaired) electrons. The minimum Gasteiger partial charge on any atom is -0.349 e. The SMILES string of the molecule is Cc1cc(C)cc(N(CC(=O)NCc2ccccn2)S(C)(=O)=O)c1. The lowest BCUT2D eigenvalue weighted by Gasteiger charge is -2.22. The van der Waals surface area contributed by atoms with Crippen LogP contribution in [0.3, 0.4) is 0 Å². The van der Waals surface area contributed by atoms with Crippen molar-refractivity contribution in [3.8, 4) is 0 Å². The summed E-state index contributed by atoms with van der Waals surface area (Å²) in [5.74, 6) is -0.384. The van der Waals surface area contributed by atoms with Crippen LogP contribution in [0.2, 0.25) is 0 Å². The molecule has 24 heavy (non-hydrogen) atoms. The third-order valence-electron chi connectivity index (χ3n) is 3.37. The molecule has 1 aromatic heterocycles. The average molecular weight is 347 g/mol. The van der Waals surface area contributed by atoms with Crippen molar-refractivity contribution in [2.24, 2.45) is 0 Å². The number of hydrogen-bond donors (Lipinski definition) is 1. The monoisotopic (exact) mass is 347 g/mol. The molecule has 7 heteroatoms. The van der Waals surface area contributed by atoms with E-state index < -0.39 is 10.0 Å². The number of nitrogens with zero attached hydrogens (tertiary/aromatic N) is 2. The second kappa shape index (κ2) is 7.44. The third kappa shape index (κ3) is 5.06. The fourth-order valence-electron chi connectivity index (χ4n) is 2.37. The number of carbonyl (C=O) groups excluding carboxylic acids is 1. The van der Waals surface area contributed by atoms with E-state index in [1.807, 2.05) is 26.0 Å². The Kier molecular flexibility index (Phi) is 5.56. The normalized spacial score (nSPS) is 11.1. The van der Waals surface area contributed by atoms with E-state index >= 15 is 0 Å². The van der Waals surface area contributed by atoms with Crippen LogP contribution in [0, 0.1) is 13.8 Å². The summed E-state index contributed by atoms with van der Waals surface area (Å²) in [6.07, 6.45) is 2.73. The van der Waals surface area contributed by atoms with Crippen molar-refractivity contribution in [1.29, 1.82) is 0 Å². The molecule has 1 N–H and O–H groups in total. The van der Waals surface area contributed by atoms with Gasteiger partial charge in [0, 0.05) is 6.20 Å². The molecule has 1 heterocycles. The summed E-state index contributed by atoms with van der Waals surface area (Å²) in [7, 11) is -3.57. The summed E-state index contributed by atoms with van der Waals surface area (Å²) < 4.78 is 25.3. The number of aryl methyl sites for hydroxylation is 2. The number of sulfonamides is 1. The topological polar surface area (TPSA) is 79.4 Å². The largest absolute Gasteiger partial charge is 0.349 e. The second-order valence-electron chi connectivity index (χ2n) is 5.71. The predicted molar refractivity (Wildman–Crippen MR) is 94.2 cm³/mol. The van der Waals surface area contributed by atoms with Gasteiger partial charge in [-0.15, -0.1) is 0 Å². The maximum Gasteiger partial charge on any atom is 0.241 e. The van der Waals surface area contributed by atoms with Crippen molar-refractivity contribution < 1.29 is 13.2 Å². The van der Waals surface area contributed by atoms with Crippen molar-refractivity contribution in [3.05, 3.63) is 59.4 Å². The van der Waals surface area contributed by atoms with Gasteiger partial charge in [0.25, 0.3) is 0 Å². The summed E-state index contributed by atoms with van der Waals surface area (Å²) in [6, 6.07) is 10.9. The molecule has 0 bridgehead atoms. The van der Waals surface area contributed by atoms with Crippen LogP contribution >= 0.6 is 0 Å². The summed E-state index contributed by atoms with van der Waals surface area (Å²) in [4.78, 5) is 16.3. The van der Waals surface area contributed by atoms with Crippen molar-refractivity contribution >= 4 is 21.6 Å². The van der Waals surface area contributed by atoms with Crippen molar-refractivity contribution in [3.63, 3.8) is 0 Å². The zero-order valence-corrected chi connectivity index (χ0v) is 14.8. The standard InChI is InChI=1S/C17H21N3O3S/c1-13-8-14(2)10-16(9-13)20(24(3,22)23)12-17(21)19-11-15-6-4-5-7-18-15/h4-10H,11-12H2,1-3H3,(H,19,21). The number of amides is 1. The quantitative estimate of drug-likeness (QED) is 0.864. The molecule has 0 saturated heterocycles. The van der Waals surface area contributed by atoms with Crippen LogP contribution in [-0.2, 0) is 21.4 Å². The van der Waals surface area contributed by atoms with E-state index in [0.717, 1.165) is 21.7 Å². The van der Waals surface area contributed by atoms with Gasteiger partial charge in [-0.3, -0.25) is 14.1 Å². The minimum absolute atomic E-state index is 0.254. The van der Waals surface area contributed by atoms with Gasteiger partial charge in [0.05, 0.1) is 24.2 Å². The number of benzene rings is 1. The zero-order chi connectivity index (χ0) is 17.7. The number of carbonyl (C=O) groups is 1. The number of aromatic nitrogens is 1. The van der Waals surface area contributed by atoms with Crippen LogP contribution in [0.4, 0.5) is 5.69 Å². The minimum atomic E-state index is -3.57. The highest BCUT2D eigenvalue weighted by Crippen LogP contribution is 2.21. The first-order chi connectivity index (χ1) is 11.3. The van der Waals surface area contributed by atoms with Crippen LogP contribution in [0.25, 0.3) is 0 Å². The Morgan fingerprint density at radius 3 is 2.38 bits per heavy atom. The summed E-state index contributed by atoms with van der Waals surface area (Å²) in [6.45, 7) is 3.76. The highest BCUT2D eigenvalue weighted by atomic mass is 32.2. The lowest BCUT2D eigenvalue weighted by molar-refractivity contribution is -0.119. The van der Waals surface area contributed by atoms with E-state index in [1.165, 1.54) is 0 Å². The Labute approximate surface area is 142 Å². The molecule has 0 spiro atoms. The molecule has 0 aliphatic carbocycles. The molecule has 0 atom stereocenters. The van der Waals surface area contributed by atoms with Gasteiger partial charge in [-0.25, -0.2) is 8.42 Å². The lowest BCUT2D eigenvalue weighted by Crippen LogP contribution is -2.40. The van der Waals surface area contributed by atoms with Crippen LogP contribution in [0.15, 0.2) is 42.6 Å². The first-order valence-electron chi connectivity index (χ1n) is 7.48. The Balaban J connectivity index is 2.13. The maximum atomic E-state index is 12.2. The molecule has 1 aromatic carbocycles. The molecule has 0 unspecified atom stereocenters. The number of nitrogens with one attached hydrogen (secondary N) is 1. The molecule has 2 rings (SSSR count). The summed E-state index contributed by atoms with van der Waals surface area (Å²) >= 11 is 0. The van der Waals surface area contributed by atoms with Crippen molar-refractivity contribution in [2.45, 2.75) is 20.4 Å². The van der Waals surface area contributed by atoms with Gasteiger partial charge in [-0.05, 0) is 49.2 Å². The van der Waals surface area contributed by atoms with Crippen LogP contribution in [0.5, 0.6) is 0 Å². The Morgan fingerprint density at radius 2 is 1.83 bits per heavy atom. The van der Waals surface area contributed by atoms with Gasteiger partial charge in [-0.2, -0.15) is 0 Å². The maximum absolute atomic E-state index is 12.2. The molecule has 0 fully saturated rings. The number of rotatable bonds is 6. The zero-order valence-electron chi connectivity index (χ0n) is 14.0. The Bertz CT molecular complexity index is 800. The van der Waals surface area contributed by atoms with Gasteiger partial charge < -0.3 is 5.32 Å². The predicted octanol–water partition coefficient (Wildman–Crippen LogP) is 1.78. The van der Waals surface area contributed by atoms with Gasteiger partial charge in [-0.1, -0.05) is 12.1 Å². The molecular formula is C17H21N3O3S. The van der Waals surface area contributed by atoms with E-state index in [0.29, 0.717) is 11.4 Å². The Morgan fingerprint density at radius 1 is 1.17 bits per heavy atom. The van der Waals surface area contributed by atoms with Crippen LogP contribution < -0.4 is 9.62 Å². The fourth-order valence-corrected chi connectivity index (χ4v) is 3.21. The summed E-state index contributed by atoms with van der Waals surface area (Å²) in [5.41, 5.74) is 3.08. The molecule has 1 amide bonds. The van der Waals surface area contributed by atoms with E-state index in [-0.39, 0.29) is 19.0 Å². The first kappa shape index (κ1) is 17.9.